The molecule has 62 heavy (non-hydrogen) atoms. The van der Waals surface area contributed by atoms with Crippen LogP contribution in [0.4, 0.5) is 0 Å². The molecule has 0 aromatic carbocycles. The number of rotatable bonds is 4. The number of fused-ring (bicyclic) bond motifs is 20. The van der Waals surface area contributed by atoms with Gasteiger partial charge in [0.15, 0.2) is 0 Å². The first-order valence-electron chi connectivity index (χ1n) is 20.2. The van der Waals surface area contributed by atoms with Gasteiger partial charge in [0.1, 0.15) is 20.2 Å². The van der Waals surface area contributed by atoms with Gasteiger partial charge in [0.25, 0.3) is 0 Å². The average molecular weight is 1090 g/mol. The zero-order chi connectivity index (χ0) is 39.7. The normalized spacial score (nSPS) is 46.1. The van der Waals surface area contributed by atoms with Crippen molar-refractivity contribution in [2.24, 2.45) is 47.3 Å². The maximum Gasteiger partial charge on any atom is 2.00 e. The smallest absolute Gasteiger partial charge is 1.00 e. The van der Waals surface area contributed by atoms with E-state index in [1.165, 1.54) is 0 Å². The number of hydrogen-bond acceptors (Lipinski definition) is 20. The van der Waals surface area contributed by atoms with Gasteiger partial charge in [-0.2, -0.15) is 0 Å². The maximum atomic E-state index is 13.3. The Balaban J connectivity index is 0. The molecule has 5 heterocycles. The van der Waals surface area contributed by atoms with Crippen LogP contribution in [0.15, 0.2) is 0 Å². The van der Waals surface area contributed by atoms with Crippen molar-refractivity contribution in [1.29, 1.82) is 0 Å². The van der Waals surface area contributed by atoms with E-state index in [9.17, 15) is 51.9 Å². The van der Waals surface area contributed by atoms with E-state index in [0.29, 0.717) is 11.8 Å². The summed E-state index contributed by atoms with van der Waals surface area (Å²) in [6.07, 6.45) is 6.60. The van der Waals surface area contributed by atoms with Crippen LogP contribution in [0.5, 0.6) is 0 Å². The molecule has 9 aliphatic rings. The molecule has 5 saturated heterocycles. The van der Waals surface area contributed by atoms with Gasteiger partial charge in [0, 0.05) is 11.8 Å². The summed E-state index contributed by atoms with van der Waals surface area (Å²) in [6, 6.07) is 0. The minimum absolute atomic E-state index is 0. The molecule has 346 valence electrons. The molecular formula is C32H56Cu2N8Na4O12S4. The van der Waals surface area contributed by atoms with Crippen molar-refractivity contribution in [2.75, 3.05) is 0 Å². The van der Waals surface area contributed by atoms with E-state index in [1.807, 2.05) is 0 Å². The molecule has 0 amide bonds. The van der Waals surface area contributed by atoms with Crippen molar-refractivity contribution in [1.82, 2.24) is 42.5 Å². The van der Waals surface area contributed by atoms with Crippen molar-refractivity contribution in [3.63, 3.8) is 0 Å². The fourth-order valence-corrected chi connectivity index (χ4v) is 20.5. The summed E-state index contributed by atoms with van der Waals surface area (Å²) in [5.74, 6) is -3.14. The minimum atomic E-state index is -6.22. The van der Waals surface area contributed by atoms with Crippen LogP contribution < -0.4 is 161 Å². The summed E-state index contributed by atoms with van der Waals surface area (Å²) in [5, 5.41) is 16.2. The molecule has 20 nitrogen and oxygen atoms in total. The molecule has 0 aromatic heterocycles. The predicted octanol–water partition coefficient (Wildman–Crippen LogP) is -14.8. The predicted molar refractivity (Wildman–Crippen MR) is 197 cm³/mol. The fraction of sp³-hybridized carbons (Fsp3) is 1.00. The molecule has 4 aliphatic carbocycles. The van der Waals surface area contributed by atoms with Crippen LogP contribution in [0.3, 0.4) is 0 Å². The number of hydrogen-bond donors (Lipinski definition) is 8. The quantitative estimate of drug-likeness (QED) is 0.0958. The first kappa shape index (κ1) is 60.7. The summed E-state index contributed by atoms with van der Waals surface area (Å²) in [6.45, 7) is 0. The third-order valence-corrected chi connectivity index (χ3v) is 20.9. The second kappa shape index (κ2) is 23.1. The molecule has 8 N–H and O–H groups in total. The van der Waals surface area contributed by atoms with Crippen LogP contribution in [0.25, 0.3) is 0 Å². The summed E-state index contributed by atoms with van der Waals surface area (Å²) in [7, 11) is -24.4. The Labute approximate surface area is 481 Å². The van der Waals surface area contributed by atoms with E-state index in [-0.39, 0.29) is 206 Å². The van der Waals surface area contributed by atoms with E-state index < -0.39 is 98.0 Å². The molecule has 0 aromatic rings. The van der Waals surface area contributed by atoms with Crippen LogP contribution in [0.1, 0.15) is 82.8 Å². The summed E-state index contributed by atoms with van der Waals surface area (Å²) < 4.78 is 157. The van der Waals surface area contributed by atoms with Crippen molar-refractivity contribution in [2.45, 2.75) is 147 Å². The van der Waals surface area contributed by atoms with Crippen LogP contribution in [0.2, 0.25) is 0 Å². The molecule has 4 saturated carbocycles. The van der Waals surface area contributed by atoms with Gasteiger partial charge < -0.3 is 23.9 Å². The van der Waals surface area contributed by atoms with Crippen molar-refractivity contribution < 1.29 is 210 Å². The Morgan fingerprint density at radius 1 is 0.306 bits per heavy atom. The molecular weight excluding hydrogens is 1040 g/mol. The molecule has 2 radical (unpaired) electrons. The number of nitrogens with one attached hydrogen (secondary N) is 8. The van der Waals surface area contributed by atoms with Crippen LogP contribution in [-0.4, -0.2) is 122 Å². The van der Waals surface area contributed by atoms with Gasteiger partial charge in [-0.25, -0.2) is 33.7 Å². The fourth-order valence-electron chi connectivity index (χ4n) is 13.4. The zero-order valence-corrected chi connectivity index (χ0v) is 48.3. The molecule has 5 aliphatic heterocycles. The first-order chi connectivity index (χ1) is 26.3. The monoisotopic (exact) mass is 1090 g/mol. The summed E-state index contributed by atoms with van der Waals surface area (Å²) in [5.41, 5.74) is 0. The van der Waals surface area contributed by atoms with E-state index in [1.54, 1.807) is 0 Å². The first-order valence-corrected chi connectivity index (χ1v) is 26.1. The summed E-state index contributed by atoms with van der Waals surface area (Å²) >= 11 is 0. The van der Waals surface area contributed by atoms with Gasteiger partial charge in [-0.3, -0.25) is 42.5 Å². The largest absolute Gasteiger partial charge is 2.00 e. The van der Waals surface area contributed by atoms with Gasteiger partial charge in [0.05, 0.1) is 90.6 Å². The van der Waals surface area contributed by atoms with Gasteiger partial charge in [0.2, 0.25) is 0 Å². The van der Waals surface area contributed by atoms with Crippen molar-refractivity contribution in [3.05, 3.63) is 0 Å². The van der Waals surface area contributed by atoms with E-state index >= 15 is 0 Å². The minimum Gasteiger partial charge on any atom is -1.00 e. The van der Waals surface area contributed by atoms with Crippen LogP contribution in [-0.2, 0) is 74.6 Å². The molecule has 20 unspecified atom stereocenters. The Kier molecular flexibility index (Phi) is 22.6. The van der Waals surface area contributed by atoms with Crippen LogP contribution >= 0.6 is 0 Å². The standard InChI is InChI=1S/C32H56N8O12S4.2Cu.4Na.4H/c41-53(42,43)21-19-20(22(54(44,45)46)24(56(50,51)52)23(21)55(47,48)49)32-39-30-18-12-6-4-10-16(18)28(37-30)35-26-14-8-2-1-7-13(14)25(33-26)34-27-15-9-3-5-11-17(15)29(36-27)38-31(19)40-32;;;;;;;;;;/h13-40H,1-12H2,(H,41,42,43)(H,44,45,46)(H,47,48,49)(H,50,51,52);;;;;;;;;;/q;2*+2;4*+1;4*-1/p-4. The summed E-state index contributed by atoms with van der Waals surface area (Å²) in [4.78, 5) is 0. The van der Waals surface area contributed by atoms with Gasteiger partial charge >= 0.3 is 152 Å². The Bertz CT molecular complexity index is 1900. The molecule has 0 spiro atoms. The molecule has 8 bridgehead atoms. The molecule has 9 fully saturated rings. The molecule has 30 heteroatoms. The molecule has 9 rings (SSSR count). The van der Waals surface area contributed by atoms with Gasteiger partial charge in [-0.15, -0.1) is 0 Å². The molecule has 20 atom stereocenters. The van der Waals surface area contributed by atoms with Gasteiger partial charge in [-0.05, 0) is 74.0 Å². The zero-order valence-electron chi connectivity index (χ0n) is 39.2. The van der Waals surface area contributed by atoms with Crippen LogP contribution in [0, 0.1) is 47.3 Å². The Morgan fingerprint density at radius 2 is 0.468 bits per heavy atom. The second-order valence-electron chi connectivity index (χ2n) is 18.0. The maximum absolute atomic E-state index is 13.3. The Hall–Kier alpha value is 4.36. The van der Waals surface area contributed by atoms with E-state index in [0.717, 1.165) is 77.0 Å². The third-order valence-electron chi connectivity index (χ3n) is 15.3. The van der Waals surface area contributed by atoms with E-state index in [4.69, 9.17) is 0 Å². The average Bonchev–Trinajstić information content (AvgIpc) is 3.84. The Morgan fingerprint density at radius 3 is 0.645 bits per heavy atom. The topological polar surface area (TPSA) is 325 Å². The van der Waals surface area contributed by atoms with E-state index in [2.05, 4.69) is 42.5 Å². The second-order valence-corrected chi connectivity index (χ2v) is 24.1. The SMILES string of the molecule is O=S(=O)([O-])C1C2C3NC4NC(NC5NC(NC6NC(NC(N3)C2C(S(=O)(=O)[O-])C(S(=O)(=O)[O-])C1S(=O)(=O)[O-])C1CCCCC61)C1CCCCC51)C1CCCCC41.[Cu+2].[Cu+2].[H-].[H-].[H-].[H-].[Na+].[Na+].[Na+].[Na+]. The van der Waals surface area contributed by atoms with Gasteiger partial charge in [-0.1, -0.05) is 38.5 Å². The third kappa shape index (κ3) is 11.6. The van der Waals surface area contributed by atoms with Crippen molar-refractivity contribution >= 4 is 40.5 Å². The van der Waals surface area contributed by atoms with Crippen molar-refractivity contribution in [3.8, 4) is 0 Å².